The van der Waals surface area contributed by atoms with Crippen LogP contribution in [0.5, 0.6) is 5.75 Å². The van der Waals surface area contributed by atoms with Gasteiger partial charge in [-0.3, -0.25) is 4.79 Å². The Kier molecular flexibility index (Phi) is 6.13. The summed E-state index contributed by atoms with van der Waals surface area (Å²) in [6, 6.07) is 5.47. The number of halogens is 1. The average molecular weight is 476 g/mol. The van der Waals surface area contributed by atoms with Gasteiger partial charge in [-0.25, -0.2) is 4.79 Å². The molecule has 4 bridgehead atoms. The standard InChI is InChI=1S/C26H38ClN3O3/c1-15-9-19(27)7-8-20(15)33-25(5,6)22(31)28-21-17-10-16-11-18(21)14-26(12-16,13-17)30-23(32)29-24(2,3)4/h7-9,16-18,21H,10-14H2,1-6H3,(H,28,31)(H2,29,30,32)/t16?,17-,18+,21+,26+. The summed E-state index contributed by atoms with van der Waals surface area (Å²) in [7, 11) is 0. The molecule has 0 radical (unpaired) electrons. The minimum Gasteiger partial charge on any atom is -0.478 e. The first kappa shape index (κ1) is 24.2. The molecule has 33 heavy (non-hydrogen) atoms. The van der Waals surface area contributed by atoms with Crippen LogP contribution in [0.15, 0.2) is 18.2 Å². The third kappa shape index (κ3) is 5.26. The van der Waals surface area contributed by atoms with E-state index in [9.17, 15) is 9.59 Å². The number of nitrogens with one attached hydrogen (secondary N) is 3. The monoisotopic (exact) mass is 475 g/mol. The number of ether oxygens (including phenoxy) is 1. The molecule has 4 fully saturated rings. The second-order valence-corrected chi connectivity index (χ2v) is 12.5. The van der Waals surface area contributed by atoms with Gasteiger partial charge in [0.25, 0.3) is 5.91 Å². The summed E-state index contributed by atoms with van der Waals surface area (Å²) in [5.41, 5.74) is -0.522. The van der Waals surface area contributed by atoms with E-state index in [1.807, 2.05) is 53.7 Å². The number of amides is 3. The van der Waals surface area contributed by atoms with Crippen LogP contribution in [0.25, 0.3) is 0 Å². The van der Waals surface area contributed by atoms with Crippen LogP contribution in [0.2, 0.25) is 5.02 Å². The third-order valence-corrected chi connectivity index (χ3v) is 7.72. The Bertz CT molecular complexity index is 923. The summed E-state index contributed by atoms with van der Waals surface area (Å²) in [4.78, 5) is 26.0. The molecule has 1 unspecified atom stereocenters. The zero-order chi connectivity index (χ0) is 24.2. The molecule has 6 nitrogen and oxygen atoms in total. The van der Waals surface area contributed by atoms with Gasteiger partial charge in [-0.1, -0.05) is 11.6 Å². The van der Waals surface area contributed by atoms with Gasteiger partial charge >= 0.3 is 6.03 Å². The molecule has 0 aliphatic heterocycles. The van der Waals surface area contributed by atoms with Gasteiger partial charge in [0, 0.05) is 22.1 Å². The van der Waals surface area contributed by atoms with E-state index in [-0.39, 0.29) is 29.1 Å². The molecular weight excluding hydrogens is 438 g/mol. The highest BCUT2D eigenvalue weighted by atomic mass is 35.5. The molecule has 5 rings (SSSR count). The predicted molar refractivity (Wildman–Crippen MR) is 131 cm³/mol. The van der Waals surface area contributed by atoms with E-state index in [4.69, 9.17) is 16.3 Å². The first-order valence-corrected chi connectivity index (χ1v) is 12.5. The fraction of sp³-hybridized carbons (Fsp3) is 0.692. The summed E-state index contributed by atoms with van der Waals surface area (Å²) >= 11 is 6.06. The Balaban J connectivity index is 1.42. The molecule has 3 N–H and O–H groups in total. The van der Waals surface area contributed by atoms with Gasteiger partial charge in [-0.05, 0) is 115 Å². The molecule has 7 heteroatoms. The van der Waals surface area contributed by atoms with Gasteiger partial charge in [-0.15, -0.1) is 0 Å². The van der Waals surface area contributed by atoms with E-state index >= 15 is 0 Å². The van der Waals surface area contributed by atoms with Gasteiger partial charge < -0.3 is 20.7 Å². The third-order valence-electron chi connectivity index (χ3n) is 7.49. The summed E-state index contributed by atoms with van der Waals surface area (Å²) < 4.78 is 6.13. The fourth-order valence-electron chi connectivity index (χ4n) is 6.40. The molecule has 4 saturated carbocycles. The number of hydrogen-bond acceptors (Lipinski definition) is 3. The molecule has 5 atom stereocenters. The smallest absolute Gasteiger partial charge is 0.315 e. The Morgan fingerprint density at radius 1 is 1.06 bits per heavy atom. The molecule has 1 aromatic carbocycles. The van der Waals surface area contributed by atoms with Crippen molar-refractivity contribution in [2.45, 2.75) is 96.4 Å². The Labute approximate surface area is 202 Å². The maximum Gasteiger partial charge on any atom is 0.315 e. The lowest BCUT2D eigenvalue weighted by atomic mass is 9.51. The maximum atomic E-state index is 13.3. The molecule has 0 aromatic heterocycles. The lowest BCUT2D eigenvalue weighted by Crippen LogP contribution is -2.69. The van der Waals surface area contributed by atoms with Crippen molar-refractivity contribution < 1.29 is 14.3 Å². The molecule has 0 heterocycles. The quantitative estimate of drug-likeness (QED) is 0.562. The number of hydrogen-bond donors (Lipinski definition) is 3. The molecule has 0 saturated heterocycles. The highest BCUT2D eigenvalue weighted by Crippen LogP contribution is 2.55. The second-order valence-electron chi connectivity index (χ2n) is 12.1. The highest BCUT2D eigenvalue weighted by molar-refractivity contribution is 6.30. The molecule has 182 valence electrons. The van der Waals surface area contributed by atoms with Crippen molar-refractivity contribution in [3.63, 3.8) is 0 Å². The zero-order valence-corrected chi connectivity index (χ0v) is 21.4. The van der Waals surface area contributed by atoms with Crippen molar-refractivity contribution in [1.82, 2.24) is 16.0 Å². The minimum absolute atomic E-state index is 0.0853. The number of urea groups is 1. The van der Waals surface area contributed by atoms with Crippen molar-refractivity contribution >= 4 is 23.5 Å². The van der Waals surface area contributed by atoms with Gasteiger partial charge in [0.15, 0.2) is 5.60 Å². The van der Waals surface area contributed by atoms with E-state index in [0.717, 1.165) is 37.7 Å². The van der Waals surface area contributed by atoms with Crippen molar-refractivity contribution in [3.05, 3.63) is 28.8 Å². The zero-order valence-electron chi connectivity index (χ0n) is 20.7. The van der Waals surface area contributed by atoms with Crippen LogP contribution in [-0.4, -0.2) is 34.7 Å². The van der Waals surface area contributed by atoms with Crippen LogP contribution in [0, 0.1) is 24.7 Å². The molecule has 3 amide bonds. The molecule has 0 spiro atoms. The van der Waals surface area contributed by atoms with Crippen molar-refractivity contribution in [2.75, 3.05) is 0 Å². The van der Waals surface area contributed by atoms with Crippen LogP contribution in [0.3, 0.4) is 0 Å². The summed E-state index contributed by atoms with van der Waals surface area (Å²) in [5.74, 6) is 1.94. The largest absolute Gasteiger partial charge is 0.478 e. The van der Waals surface area contributed by atoms with E-state index in [1.165, 1.54) is 0 Å². The van der Waals surface area contributed by atoms with Crippen LogP contribution in [0.4, 0.5) is 4.79 Å². The summed E-state index contributed by atoms with van der Waals surface area (Å²) in [6.07, 6.45) is 5.11. The number of benzene rings is 1. The highest BCUT2D eigenvalue weighted by Gasteiger charge is 2.56. The lowest BCUT2D eigenvalue weighted by molar-refractivity contribution is -0.138. The van der Waals surface area contributed by atoms with Crippen LogP contribution in [0.1, 0.15) is 72.3 Å². The van der Waals surface area contributed by atoms with Crippen LogP contribution < -0.4 is 20.7 Å². The van der Waals surface area contributed by atoms with E-state index in [0.29, 0.717) is 28.5 Å². The molecule has 4 aliphatic carbocycles. The van der Waals surface area contributed by atoms with E-state index in [2.05, 4.69) is 16.0 Å². The van der Waals surface area contributed by atoms with Crippen molar-refractivity contribution in [1.29, 1.82) is 0 Å². The van der Waals surface area contributed by atoms with E-state index in [1.54, 1.807) is 6.07 Å². The SMILES string of the molecule is Cc1cc(Cl)ccc1OC(C)(C)C(=O)N[C@H]1[C@@H]2CC3C[C@H]1C[C@](NC(=O)NC(C)(C)C)(C3)C2. The Morgan fingerprint density at radius 3 is 2.27 bits per heavy atom. The topological polar surface area (TPSA) is 79.5 Å². The Morgan fingerprint density at radius 2 is 1.70 bits per heavy atom. The molecule has 1 aromatic rings. The van der Waals surface area contributed by atoms with Gasteiger partial charge in [0.2, 0.25) is 0 Å². The van der Waals surface area contributed by atoms with Gasteiger partial charge in [0.05, 0.1) is 0 Å². The first-order chi connectivity index (χ1) is 15.3. The molecule has 4 aliphatic rings. The van der Waals surface area contributed by atoms with Crippen LogP contribution in [-0.2, 0) is 4.79 Å². The van der Waals surface area contributed by atoms with Crippen molar-refractivity contribution in [3.8, 4) is 5.75 Å². The number of aryl methyl sites for hydroxylation is 1. The lowest BCUT2D eigenvalue weighted by Gasteiger charge is -2.60. The number of carbonyl (C=O) groups is 2. The second kappa shape index (κ2) is 8.37. The first-order valence-electron chi connectivity index (χ1n) is 12.1. The minimum atomic E-state index is -1.00. The normalized spacial score (nSPS) is 30.6. The molecular formula is C26H38ClN3O3. The van der Waals surface area contributed by atoms with Crippen molar-refractivity contribution in [2.24, 2.45) is 17.8 Å². The fourth-order valence-corrected chi connectivity index (χ4v) is 6.63. The number of carbonyl (C=O) groups excluding carboxylic acids is 2. The average Bonchev–Trinajstić information content (AvgIpc) is 2.64. The van der Waals surface area contributed by atoms with E-state index < -0.39 is 5.60 Å². The summed E-state index contributed by atoms with van der Waals surface area (Å²) in [6.45, 7) is 11.5. The summed E-state index contributed by atoms with van der Waals surface area (Å²) in [5, 5.41) is 10.4. The van der Waals surface area contributed by atoms with Gasteiger partial charge in [0.1, 0.15) is 5.75 Å². The number of rotatable bonds is 5. The maximum absolute atomic E-state index is 13.3. The predicted octanol–water partition coefficient (Wildman–Crippen LogP) is 4.97. The Hall–Kier alpha value is -1.95. The van der Waals surface area contributed by atoms with Crippen LogP contribution >= 0.6 is 11.6 Å². The van der Waals surface area contributed by atoms with Gasteiger partial charge in [-0.2, -0.15) is 0 Å².